The number of hydrogen-bond acceptors (Lipinski definition) is 7. The van der Waals surface area contributed by atoms with Gasteiger partial charge in [-0.3, -0.25) is 19.1 Å². The van der Waals surface area contributed by atoms with Gasteiger partial charge in [0.1, 0.15) is 5.69 Å². The number of rotatable bonds is 7. The summed E-state index contributed by atoms with van der Waals surface area (Å²) in [6.07, 6.45) is 3.99. The van der Waals surface area contributed by atoms with Crippen molar-refractivity contribution in [3.63, 3.8) is 0 Å². The first-order chi connectivity index (χ1) is 15.8. The number of amides is 2. The topological polar surface area (TPSA) is 111 Å². The van der Waals surface area contributed by atoms with E-state index in [1.54, 1.807) is 25.6 Å². The molecule has 1 atom stereocenters. The summed E-state index contributed by atoms with van der Waals surface area (Å²) in [5.41, 5.74) is 1.33. The molecule has 0 aliphatic heterocycles. The van der Waals surface area contributed by atoms with Crippen LogP contribution >= 0.6 is 23.1 Å². The maximum absolute atomic E-state index is 13.0. The standard InChI is InChI=1S/C22H26N6O3S2/c1-13-17(20(31)28(27(13)3)16-11-5-4-6-12-16)23-18(29)14(2)32-22-26-25-21(33-22)24-19(30)15-9-7-8-10-15/h4-6,11-12,14-15H,7-10H2,1-3H3,(H,23,29)(H,24,25,30). The normalized spacial score (nSPS) is 14.9. The summed E-state index contributed by atoms with van der Waals surface area (Å²) in [4.78, 5) is 38.1. The number of carbonyl (C=O) groups excluding carboxylic acids is 2. The number of thioether (sulfide) groups is 1. The van der Waals surface area contributed by atoms with Gasteiger partial charge in [0.25, 0.3) is 5.56 Å². The Balaban J connectivity index is 1.41. The summed E-state index contributed by atoms with van der Waals surface area (Å²) in [5.74, 6) is -0.276. The van der Waals surface area contributed by atoms with Gasteiger partial charge in [-0.25, -0.2) is 4.68 Å². The lowest BCUT2D eigenvalue weighted by molar-refractivity contribution is -0.119. The molecule has 174 valence electrons. The third kappa shape index (κ3) is 5.03. The van der Waals surface area contributed by atoms with Crippen LogP contribution in [0.4, 0.5) is 10.8 Å². The number of carbonyl (C=O) groups is 2. The molecule has 2 heterocycles. The first-order valence-electron chi connectivity index (χ1n) is 10.8. The number of anilines is 2. The van der Waals surface area contributed by atoms with Crippen LogP contribution < -0.4 is 16.2 Å². The molecule has 2 amide bonds. The monoisotopic (exact) mass is 486 g/mol. The van der Waals surface area contributed by atoms with Gasteiger partial charge in [0.05, 0.1) is 16.6 Å². The number of nitrogens with zero attached hydrogens (tertiary/aromatic N) is 4. The molecule has 0 saturated heterocycles. The van der Waals surface area contributed by atoms with E-state index in [2.05, 4.69) is 20.8 Å². The van der Waals surface area contributed by atoms with Crippen LogP contribution in [0.5, 0.6) is 0 Å². The van der Waals surface area contributed by atoms with Crippen molar-refractivity contribution in [2.24, 2.45) is 13.0 Å². The number of aromatic nitrogens is 4. The van der Waals surface area contributed by atoms with E-state index in [0.29, 0.717) is 15.2 Å². The Morgan fingerprint density at radius 1 is 1.15 bits per heavy atom. The van der Waals surface area contributed by atoms with Gasteiger partial charge in [-0.1, -0.05) is 54.1 Å². The van der Waals surface area contributed by atoms with Gasteiger partial charge in [-0.05, 0) is 38.8 Å². The molecule has 1 aromatic carbocycles. The number of benzene rings is 1. The molecular weight excluding hydrogens is 460 g/mol. The van der Waals surface area contributed by atoms with Crippen LogP contribution in [0, 0.1) is 12.8 Å². The van der Waals surface area contributed by atoms with Crippen molar-refractivity contribution in [2.75, 3.05) is 10.6 Å². The van der Waals surface area contributed by atoms with Gasteiger partial charge in [-0.2, -0.15) is 0 Å². The van der Waals surface area contributed by atoms with Gasteiger partial charge >= 0.3 is 0 Å². The third-order valence-corrected chi connectivity index (χ3v) is 7.83. The molecule has 33 heavy (non-hydrogen) atoms. The van der Waals surface area contributed by atoms with Crippen LogP contribution in [0.3, 0.4) is 0 Å². The van der Waals surface area contributed by atoms with Crippen LogP contribution in [0.1, 0.15) is 38.3 Å². The SMILES string of the molecule is Cc1c(NC(=O)C(C)Sc2nnc(NC(=O)C3CCCC3)s2)c(=O)n(-c2ccccc2)n1C. The molecule has 2 N–H and O–H groups in total. The van der Waals surface area contributed by atoms with E-state index in [1.807, 2.05) is 30.3 Å². The Hall–Kier alpha value is -2.92. The van der Waals surface area contributed by atoms with Crippen LogP contribution in [0.25, 0.3) is 5.69 Å². The molecule has 3 aromatic rings. The third-order valence-electron chi connectivity index (χ3n) is 5.81. The molecule has 0 bridgehead atoms. The summed E-state index contributed by atoms with van der Waals surface area (Å²) in [6.45, 7) is 3.53. The molecule has 1 unspecified atom stereocenters. The van der Waals surface area contributed by atoms with E-state index in [0.717, 1.165) is 31.4 Å². The molecular formula is C22H26N6O3S2. The average Bonchev–Trinajstić information content (AvgIpc) is 3.53. The maximum atomic E-state index is 13.0. The van der Waals surface area contributed by atoms with Crippen molar-refractivity contribution in [3.05, 3.63) is 46.4 Å². The van der Waals surface area contributed by atoms with Gasteiger partial charge in [-0.15, -0.1) is 10.2 Å². The van der Waals surface area contributed by atoms with Crippen molar-refractivity contribution >= 4 is 45.7 Å². The van der Waals surface area contributed by atoms with E-state index in [1.165, 1.54) is 27.8 Å². The van der Waals surface area contributed by atoms with Crippen molar-refractivity contribution < 1.29 is 9.59 Å². The predicted molar refractivity (Wildman–Crippen MR) is 130 cm³/mol. The van der Waals surface area contributed by atoms with Crippen LogP contribution in [-0.2, 0) is 16.6 Å². The second-order valence-corrected chi connectivity index (χ2v) is 10.6. The quantitative estimate of drug-likeness (QED) is 0.390. The lowest BCUT2D eigenvalue weighted by Gasteiger charge is -2.09. The predicted octanol–water partition coefficient (Wildman–Crippen LogP) is 3.58. The number of hydrogen-bond donors (Lipinski definition) is 2. The second kappa shape index (κ2) is 9.92. The van der Waals surface area contributed by atoms with Gasteiger partial charge in [0, 0.05) is 13.0 Å². The first-order valence-corrected chi connectivity index (χ1v) is 12.5. The zero-order valence-corrected chi connectivity index (χ0v) is 20.3. The molecule has 1 fully saturated rings. The molecule has 0 spiro atoms. The zero-order valence-electron chi connectivity index (χ0n) is 18.7. The maximum Gasteiger partial charge on any atom is 0.295 e. The van der Waals surface area contributed by atoms with Gasteiger partial charge < -0.3 is 10.6 Å². The molecule has 11 heteroatoms. The van der Waals surface area contributed by atoms with Gasteiger partial charge in [0.15, 0.2) is 4.34 Å². The Bertz CT molecular complexity index is 1210. The summed E-state index contributed by atoms with van der Waals surface area (Å²) >= 11 is 2.48. The minimum atomic E-state index is -0.513. The number of para-hydroxylation sites is 1. The fraction of sp³-hybridized carbons (Fsp3) is 0.409. The minimum Gasteiger partial charge on any atom is -0.319 e. The molecule has 1 aliphatic rings. The Labute approximate surface area is 199 Å². The second-order valence-electron chi connectivity index (χ2n) is 8.03. The van der Waals surface area contributed by atoms with Crippen molar-refractivity contribution in [3.8, 4) is 5.69 Å². The zero-order chi connectivity index (χ0) is 23.5. The highest BCUT2D eigenvalue weighted by Gasteiger charge is 2.25. The molecule has 0 radical (unpaired) electrons. The lowest BCUT2D eigenvalue weighted by Crippen LogP contribution is -2.27. The summed E-state index contributed by atoms with van der Waals surface area (Å²) in [7, 11) is 1.78. The van der Waals surface area contributed by atoms with E-state index in [4.69, 9.17) is 0 Å². The Morgan fingerprint density at radius 3 is 2.55 bits per heavy atom. The summed E-state index contributed by atoms with van der Waals surface area (Å²) in [5, 5.41) is 13.6. The van der Waals surface area contributed by atoms with Crippen molar-refractivity contribution in [1.82, 2.24) is 19.6 Å². The fourth-order valence-corrected chi connectivity index (χ4v) is 5.74. The molecule has 1 aliphatic carbocycles. The highest BCUT2D eigenvalue weighted by atomic mass is 32.2. The van der Waals surface area contributed by atoms with E-state index < -0.39 is 5.25 Å². The smallest absolute Gasteiger partial charge is 0.295 e. The lowest BCUT2D eigenvalue weighted by atomic mass is 10.1. The van der Waals surface area contributed by atoms with E-state index in [9.17, 15) is 14.4 Å². The largest absolute Gasteiger partial charge is 0.319 e. The van der Waals surface area contributed by atoms with Crippen molar-refractivity contribution in [2.45, 2.75) is 49.1 Å². The highest BCUT2D eigenvalue weighted by Crippen LogP contribution is 2.31. The summed E-state index contributed by atoms with van der Waals surface area (Å²) in [6, 6.07) is 9.26. The van der Waals surface area contributed by atoms with Crippen LogP contribution in [0.15, 0.2) is 39.5 Å². The van der Waals surface area contributed by atoms with E-state index >= 15 is 0 Å². The Kier molecular flexibility index (Phi) is 6.99. The molecule has 9 nitrogen and oxygen atoms in total. The van der Waals surface area contributed by atoms with Crippen LogP contribution in [0.2, 0.25) is 0 Å². The highest BCUT2D eigenvalue weighted by molar-refractivity contribution is 8.02. The Morgan fingerprint density at radius 2 is 1.85 bits per heavy atom. The fourth-order valence-electron chi connectivity index (χ4n) is 3.85. The summed E-state index contributed by atoms with van der Waals surface area (Å²) < 4.78 is 3.81. The van der Waals surface area contributed by atoms with E-state index in [-0.39, 0.29) is 29.0 Å². The number of nitrogens with one attached hydrogen (secondary N) is 2. The average molecular weight is 487 g/mol. The minimum absolute atomic E-state index is 0.0137. The van der Waals surface area contributed by atoms with Crippen LogP contribution in [-0.4, -0.2) is 36.6 Å². The molecule has 2 aromatic heterocycles. The molecule has 4 rings (SSSR count). The van der Waals surface area contributed by atoms with Gasteiger partial charge in [0.2, 0.25) is 16.9 Å². The van der Waals surface area contributed by atoms with Crippen molar-refractivity contribution in [1.29, 1.82) is 0 Å². The molecule has 1 saturated carbocycles. The first kappa shape index (κ1) is 23.2.